The van der Waals surface area contributed by atoms with Gasteiger partial charge in [-0.15, -0.1) is 0 Å². The zero-order chi connectivity index (χ0) is 13.4. The van der Waals surface area contributed by atoms with E-state index in [0.29, 0.717) is 6.54 Å². The maximum atomic E-state index is 5.52. The molecular weight excluding hydrogens is 240 g/mol. The Balaban J connectivity index is 1.83. The summed E-state index contributed by atoms with van der Waals surface area (Å²) in [6.45, 7) is 4.58. The van der Waals surface area contributed by atoms with Crippen molar-refractivity contribution >= 4 is 16.7 Å². The number of pyridine rings is 1. The molecule has 0 bridgehead atoms. The van der Waals surface area contributed by atoms with Gasteiger partial charge in [0.05, 0.1) is 24.1 Å². The van der Waals surface area contributed by atoms with Crippen LogP contribution in [0.2, 0.25) is 0 Å². The molecule has 0 saturated carbocycles. The molecule has 5 nitrogen and oxygen atoms in total. The highest BCUT2D eigenvalue weighted by Crippen LogP contribution is 2.19. The summed E-state index contributed by atoms with van der Waals surface area (Å²) in [6, 6.07) is 6.01. The highest BCUT2D eigenvalue weighted by molar-refractivity contribution is 5.81. The molecule has 0 aliphatic heterocycles. The normalized spacial score (nSPS) is 11.1. The van der Waals surface area contributed by atoms with E-state index in [1.165, 1.54) is 0 Å². The van der Waals surface area contributed by atoms with Crippen molar-refractivity contribution in [3.05, 3.63) is 41.6 Å². The van der Waals surface area contributed by atoms with Crippen LogP contribution in [-0.4, -0.2) is 14.8 Å². The van der Waals surface area contributed by atoms with Crippen LogP contribution < -0.4 is 5.32 Å². The Labute approximate surface area is 111 Å². The van der Waals surface area contributed by atoms with Crippen molar-refractivity contribution in [1.29, 1.82) is 0 Å². The fourth-order valence-corrected chi connectivity index (χ4v) is 2.17. The molecule has 0 fully saturated rings. The number of hydrogen-bond acceptors (Lipinski definition) is 4. The maximum absolute atomic E-state index is 5.52. The van der Waals surface area contributed by atoms with Gasteiger partial charge in [0, 0.05) is 12.4 Å². The van der Waals surface area contributed by atoms with Crippen LogP contribution in [0.5, 0.6) is 0 Å². The summed E-state index contributed by atoms with van der Waals surface area (Å²) in [4.78, 5) is 4.43. The number of aryl methyl sites for hydroxylation is 3. The predicted molar refractivity (Wildman–Crippen MR) is 74.0 cm³/mol. The van der Waals surface area contributed by atoms with Crippen molar-refractivity contribution in [2.75, 3.05) is 5.32 Å². The molecule has 0 aliphatic carbocycles. The molecule has 5 heteroatoms. The van der Waals surface area contributed by atoms with Gasteiger partial charge in [-0.3, -0.25) is 4.68 Å². The first-order valence-electron chi connectivity index (χ1n) is 6.22. The second-order valence-electron chi connectivity index (χ2n) is 4.67. The second kappa shape index (κ2) is 4.42. The maximum Gasteiger partial charge on any atom is 0.157 e. The molecule has 19 heavy (non-hydrogen) atoms. The largest absolute Gasteiger partial charge is 0.465 e. The third-order valence-corrected chi connectivity index (χ3v) is 3.13. The van der Waals surface area contributed by atoms with Crippen LogP contribution in [0.25, 0.3) is 11.0 Å². The standard InChI is InChI=1S/C14H16N4O/c1-9-4-5-12(19-9)8-15-11-6-13-10(2)17-18(3)14(13)16-7-11/h4-7,15H,8H2,1-3H3. The van der Waals surface area contributed by atoms with E-state index in [2.05, 4.69) is 21.5 Å². The van der Waals surface area contributed by atoms with Gasteiger partial charge in [0.15, 0.2) is 5.65 Å². The second-order valence-corrected chi connectivity index (χ2v) is 4.67. The molecule has 0 amide bonds. The van der Waals surface area contributed by atoms with E-state index < -0.39 is 0 Å². The van der Waals surface area contributed by atoms with E-state index in [0.717, 1.165) is 33.9 Å². The highest BCUT2D eigenvalue weighted by atomic mass is 16.3. The van der Waals surface area contributed by atoms with Crippen LogP contribution in [0.4, 0.5) is 5.69 Å². The Bertz CT molecular complexity index is 726. The van der Waals surface area contributed by atoms with Gasteiger partial charge < -0.3 is 9.73 Å². The molecule has 3 aromatic rings. The summed E-state index contributed by atoms with van der Waals surface area (Å²) in [7, 11) is 1.90. The molecule has 98 valence electrons. The van der Waals surface area contributed by atoms with Crippen molar-refractivity contribution in [3.8, 4) is 0 Å². The fraction of sp³-hybridized carbons (Fsp3) is 0.286. The predicted octanol–water partition coefficient (Wildman–Crippen LogP) is 2.79. The van der Waals surface area contributed by atoms with Crippen LogP contribution >= 0.6 is 0 Å². The minimum absolute atomic E-state index is 0.653. The quantitative estimate of drug-likeness (QED) is 0.783. The third kappa shape index (κ3) is 2.19. The van der Waals surface area contributed by atoms with Gasteiger partial charge in [-0.1, -0.05) is 0 Å². The summed E-state index contributed by atoms with van der Waals surface area (Å²) >= 11 is 0. The molecule has 3 heterocycles. The van der Waals surface area contributed by atoms with E-state index in [9.17, 15) is 0 Å². The Morgan fingerprint density at radius 3 is 2.89 bits per heavy atom. The van der Waals surface area contributed by atoms with Gasteiger partial charge in [0.1, 0.15) is 11.5 Å². The summed E-state index contributed by atoms with van der Waals surface area (Å²) in [5.74, 6) is 1.84. The molecular formula is C14H16N4O. The molecule has 0 aliphatic rings. The molecule has 0 unspecified atom stereocenters. The monoisotopic (exact) mass is 256 g/mol. The number of fused-ring (bicyclic) bond motifs is 1. The molecule has 0 atom stereocenters. The van der Waals surface area contributed by atoms with Crippen LogP contribution in [0.1, 0.15) is 17.2 Å². The fourth-order valence-electron chi connectivity index (χ4n) is 2.17. The van der Waals surface area contributed by atoms with E-state index in [1.54, 1.807) is 4.68 Å². The van der Waals surface area contributed by atoms with Gasteiger partial charge in [0.25, 0.3) is 0 Å². The van der Waals surface area contributed by atoms with Gasteiger partial charge in [-0.2, -0.15) is 5.10 Å². The average molecular weight is 256 g/mol. The topological polar surface area (TPSA) is 55.9 Å². The average Bonchev–Trinajstić information content (AvgIpc) is 2.92. The van der Waals surface area contributed by atoms with Crippen molar-refractivity contribution in [3.63, 3.8) is 0 Å². The van der Waals surface area contributed by atoms with Gasteiger partial charge in [0.2, 0.25) is 0 Å². The minimum Gasteiger partial charge on any atom is -0.465 e. The zero-order valence-corrected chi connectivity index (χ0v) is 11.3. The smallest absolute Gasteiger partial charge is 0.157 e. The number of aromatic nitrogens is 3. The van der Waals surface area contributed by atoms with E-state index in [1.807, 2.05) is 39.2 Å². The lowest BCUT2D eigenvalue weighted by atomic mass is 10.2. The van der Waals surface area contributed by atoms with Crippen LogP contribution in [0, 0.1) is 13.8 Å². The summed E-state index contributed by atoms with van der Waals surface area (Å²) in [5.41, 5.74) is 2.86. The van der Waals surface area contributed by atoms with Crippen LogP contribution in [-0.2, 0) is 13.6 Å². The first-order chi connectivity index (χ1) is 9.13. The molecule has 0 saturated heterocycles. The van der Waals surface area contributed by atoms with Gasteiger partial charge in [-0.25, -0.2) is 4.98 Å². The molecule has 0 radical (unpaired) electrons. The van der Waals surface area contributed by atoms with Crippen molar-refractivity contribution in [1.82, 2.24) is 14.8 Å². The van der Waals surface area contributed by atoms with E-state index in [4.69, 9.17) is 4.42 Å². The van der Waals surface area contributed by atoms with Gasteiger partial charge >= 0.3 is 0 Å². The number of hydrogen-bond donors (Lipinski definition) is 1. The van der Waals surface area contributed by atoms with Crippen LogP contribution in [0.15, 0.2) is 28.8 Å². The molecule has 0 spiro atoms. The first kappa shape index (κ1) is 11.8. The van der Waals surface area contributed by atoms with E-state index >= 15 is 0 Å². The zero-order valence-electron chi connectivity index (χ0n) is 11.3. The summed E-state index contributed by atoms with van der Waals surface area (Å²) in [5, 5.41) is 8.74. The number of nitrogens with one attached hydrogen (secondary N) is 1. The van der Waals surface area contributed by atoms with Crippen molar-refractivity contribution in [2.45, 2.75) is 20.4 Å². The van der Waals surface area contributed by atoms with Crippen molar-refractivity contribution < 1.29 is 4.42 Å². The molecule has 3 rings (SSSR count). The SMILES string of the molecule is Cc1ccc(CNc2cnc3c(c2)c(C)nn3C)o1. The lowest BCUT2D eigenvalue weighted by Crippen LogP contribution is -1.99. The Morgan fingerprint density at radius 1 is 1.32 bits per heavy atom. The lowest BCUT2D eigenvalue weighted by molar-refractivity contribution is 0.490. The van der Waals surface area contributed by atoms with Crippen LogP contribution in [0.3, 0.4) is 0 Å². The summed E-state index contributed by atoms with van der Waals surface area (Å²) < 4.78 is 7.32. The summed E-state index contributed by atoms with van der Waals surface area (Å²) in [6.07, 6.45) is 1.82. The Kier molecular flexibility index (Phi) is 2.74. The minimum atomic E-state index is 0.653. The molecule has 1 N–H and O–H groups in total. The number of furan rings is 1. The molecule has 3 aromatic heterocycles. The first-order valence-corrected chi connectivity index (χ1v) is 6.22. The number of nitrogens with zero attached hydrogens (tertiary/aromatic N) is 3. The number of rotatable bonds is 3. The molecule has 0 aromatic carbocycles. The van der Waals surface area contributed by atoms with Gasteiger partial charge in [-0.05, 0) is 32.0 Å². The van der Waals surface area contributed by atoms with Crippen molar-refractivity contribution in [2.24, 2.45) is 7.05 Å². The van der Waals surface area contributed by atoms with E-state index in [-0.39, 0.29) is 0 Å². The third-order valence-electron chi connectivity index (χ3n) is 3.13. The number of anilines is 1. The Hall–Kier alpha value is -2.30. The highest BCUT2D eigenvalue weighted by Gasteiger charge is 2.07. The lowest BCUT2D eigenvalue weighted by Gasteiger charge is -2.04. The Morgan fingerprint density at radius 2 is 2.16 bits per heavy atom.